The van der Waals surface area contributed by atoms with Crippen molar-refractivity contribution in [2.75, 3.05) is 6.54 Å². The molecule has 1 aromatic rings. The Hall–Kier alpha value is -1.36. The molecule has 5 heteroatoms. The molecule has 0 bridgehead atoms. The van der Waals surface area contributed by atoms with Gasteiger partial charge in [-0.1, -0.05) is 26.7 Å². The van der Waals surface area contributed by atoms with E-state index < -0.39 is 0 Å². The van der Waals surface area contributed by atoms with Crippen molar-refractivity contribution in [3.63, 3.8) is 0 Å². The first-order valence-corrected chi connectivity index (χ1v) is 5.72. The van der Waals surface area contributed by atoms with Crippen molar-refractivity contribution in [2.24, 2.45) is 11.7 Å². The molecule has 0 aliphatic rings. The molecule has 0 aliphatic heterocycles. The van der Waals surface area contributed by atoms with Gasteiger partial charge in [0.15, 0.2) is 0 Å². The Kier molecular flexibility index (Phi) is 4.98. The normalized spacial score (nSPS) is 12.8. The van der Waals surface area contributed by atoms with Gasteiger partial charge >= 0.3 is 0 Å². The lowest BCUT2D eigenvalue weighted by Crippen LogP contribution is -2.41. The average molecular weight is 224 g/mol. The Balaban J connectivity index is 2.37. The molecule has 0 aromatic carbocycles. The van der Waals surface area contributed by atoms with Crippen LogP contribution in [-0.4, -0.2) is 28.7 Å². The number of nitrogens with two attached hydrogens (primary N) is 1. The van der Waals surface area contributed by atoms with Crippen LogP contribution < -0.4 is 11.1 Å². The fraction of sp³-hybridized carbons (Fsp3) is 0.636. The molecular formula is C11H20N4O. The Bertz CT molecular complexity index is 306. The lowest BCUT2D eigenvalue weighted by Gasteiger charge is -2.21. The van der Waals surface area contributed by atoms with Gasteiger partial charge in [-0.2, -0.15) is 5.10 Å². The second-order valence-electron chi connectivity index (χ2n) is 3.92. The summed E-state index contributed by atoms with van der Waals surface area (Å²) < 4.78 is 0. The van der Waals surface area contributed by atoms with Gasteiger partial charge in [-0.25, -0.2) is 0 Å². The average Bonchev–Trinajstić information content (AvgIpc) is 2.81. The maximum absolute atomic E-state index is 11.6. The van der Waals surface area contributed by atoms with E-state index in [-0.39, 0.29) is 11.9 Å². The minimum atomic E-state index is -0.154. The molecule has 0 spiro atoms. The molecule has 0 radical (unpaired) electrons. The third-order valence-corrected chi connectivity index (χ3v) is 2.90. The summed E-state index contributed by atoms with van der Waals surface area (Å²) in [4.78, 5) is 11.6. The smallest absolute Gasteiger partial charge is 0.269 e. The summed E-state index contributed by atoms with van der Waals surface area (Å²) in [6, 6.07) is 1.65. The summed E-state index contributed by atoms with van der Waals surface area (Å²) in [7, 11) is 0. The molecule has 0 aliphatic carbocycles. The number of hydrogen-bond donors (Lipinski definition) is 3. The molecule has 1 rings (SSSR count). The topological polar surface area (TPSA) is 83.8 Å². The van der Waals surface area contributed by atoms with Crippen molar-refractivity contribution in [3.8, 4) is 0 Å². The highest BCUT2D eigenvalue weighted by Gasteiger charge is 2.15. The molecule has 16 heavy (non-hydrogen) atoms. The number of carbonyl (C=O) groups excluding carboxylic acids is 1. The monoisotopic (exact) mass is 224 g/mol. The van der Waals surface area contributed by atoms with Gasteiger partial charge in [-0.15, -0.1) is 0 Å². The van der Waals surface area contributed by atoms with Crippen LogP contribution in [0.5, 0.6) is 0 Å². The minimum Gasteiger partial charge on any atom is -0.349 e. The third kappa shape index (κ3) is 3.34. The van der Waals surface area contributed by atoms with Crippen LogP contribution in [0.25, 0.3) is 0 Å². The molecule has 1 heterocycles. The van der Waals surface area contributed by atoms with E-state index in [1.165, 1.54) is 0 Å². The van der Waals surface area contributed by atoms with Gasteiger partial charge in [0.25, 0.3) is 5.91 Å². The van der Waals surface area contributed by atoms with E-state index in [4.69, 9.17) is 5.73 Å². The second kappa shape index (κ2) is 6.27. The Morgan fingerprint density at radius 1 is 1.56 bits per heavy atom. The van der Waals surface area contributed by atoms with Gasteiger partial charge in [0, 0.05) is 18.8 Å². The molecule has 1 unspecified atom stereocenters. The first-order valence-electron chi connectivity index (χ1n) is 5.72. The third-order valence-electron chi connectivity index (χ3n) is 2.90. The van der Waals surface area contributed by atoms with Crippen LogP contribution in [0, 0.1) is 5.92 Å². The molecule has 90 valence electrons. The Labute approximate surface area is 95.8 Å². The summed E-state index contributed by atoms with van der Waals surface area (Å²) in [5.41, 5.74) is 6.47. The van der Waals surface area contributed by atoms with Crippen LogP contribution >= 0.6 is 0 Å². The van der Waals surface area contributed by atoms with E-state index in [9.17, 15) is 4.79 Å². The van der Waals surface area contributed by atoms with E-state index >= 15 is 0 Å². The first-order chi connectivity index (χ1) is 7.69. The van der Waals surface area contributed by atoms with Crippen molar-refractivity contribution in [1.29, 1.82) is 0 Å². The van der Waals surface area contributed by atoms with Crippen LogP contribution in [0.15, 0.2) is 12.3 Å². The van der Waals surface area contributed by atoms with E-state index in [0.717, 1.165) is 12.8 Å². The van der Waals surface area contributed by atoms with E-state index in [1.54, 1.807) is 12.3 Å². The van der Waals surface area contributed by atoms with Crippen LogP contribution in [-0.2, 0) is 0 Å². The van der Waals surface area contributed by atoms with Crippen molar-refractivity contribution < 1.29 is 4.79 Å². The Morgan fingerprint density at radius 2 is 2.25 bits per heavy atom. The molecule has 0 saturated carbocycles. The number of hydrogen-bond acceptors (Lipinski definition) is 3. The number of carbonyl (C=O) groups is 1. The summed E-state index contributed by atoms with van der Waals surface area (Å²) in [6.07, 6.45) is 3.63. The van der Waals surface area contributed by atoms with Crippen LogP contribution in [0.3, 0.4) is 0 Å². The zero-order valence-electron chi connectivity index (χ0n) is 9.86. The quantitative estimate of drug-likeness (QED) is 0.671. The standard InChI is InChI=1S/C11H20N4O/c1-3-8(4-2)9(12)7-13-11(16)10-5-6-14-15-10/h5-6,8-9H,3-4,7,12H2,1-2H3,(H,13,16)(H,14,15). The molecule has 1 aromatic heterocycles. The molecule has 5 nitrogen and oxygen atoms in total. The molecule has 4 N–H and O–H groups in total. The van der Waals surface area contributed by atoms with Gasteiger partial charge in [0.05, 0.1) is 0 Å². The predicted molar refractivity (Wildman–Crippen MR) is 63.0 cm³/mol. The summed E-state index contributed by atoms with van der Waals surface area (Å²) in [6.45, 7) is 4.74. The van der Waals surface area contributed by atoms with E-state index in [2.05, 4.69) is 29.4 Å². The minimum absolute atomic E-state index is 0.0156. The van der Waals surface area contributed by atoms with Gasteiger partial charge < -0.3 is 11.1 Å². The molecule has 0 fully saturated rings. The highest BCUT2D eigenvalue weighted by molar-refractivity contribution is 5.92. The second-order valence-corrected chi connectivity index (χ2v) is 3.92. The van der Waals surface area contributed by atoms with Gasteiger partial charge in [0.2, 0.25) is 0 Å². The summed E-state index contributed by atoms with van der Waals surface area (Å²) in [5.74, 6) is 0.306. The summed E-state index contributed by atoms with van der Waals surface area (Å²) in [5, 5.41) is 9.13. The first kappa shape index (κ1) is 12.7. The number of amides is 1. The van der Waals surface area contributed by atoms with Crippen LogP contribution in [0.2, 0.25) is 0 Å². The lowest BCUT2D eigenvalue weighted by molar-refractivity contribution is 0.0943. The fourth-order valence-electron chi connectivity index (χ4n) is 1.75. The molecule has 0 saturated heterocycles. The maximum atomic E-state index is 11.6. The fourth-order valence-corrected chi connectivity index (χ4v) is 1.75. The molecule has 1 atom stereocenters. The zero-order chi connectivity index (χ0) is 12.0. The number of aromatic amines is 1. The Morgan fingerprint density at radius 3 is 2.75 bits per heavy atom. The number of rotatable bonds is 6. The van der Waals surface area contributed by atoms with Gasteiger partial charge in [0.1, 0.15) is 5.69 Å². The van der Waals surface area contributed by atoms with Crippen molar-refractivity contribution in [2.45, 2.75) is 32.7 Å². The zero-order valence-corrected chi connectivity index (χ0v) is 9.86. The highest BCUT2D eigenvalue weighted by Crippen LogP contribution is 2.10. The number of nitrogens with one attached hydrogen (secondary N) is 2. The number of aromatic nitrogens is 2. The lowest BCUT2D eigenvalue weighted by atomic mass is 9.95. The molecular weight excluding hydrogens is 204 g/mol. The van der Waals surface area contributed by atoms with Crippen LogP contribution in [0.4, 0.5) is 0 Å². The van der Waals surface area contributed by atoms with E-state index in [0.29, 0.717) is 18.2 Å². The number of H-pyrrole nitrogens is 1. The van der Waals surface area contributed by atoms with Crippen LogP contribution in [0.1, 0.15) is 37.2 Å². The van der Waals surface area contributed by atoms with Crippen molar-refractivity contribution >= 4 is 5.91 Å². The summed E-state index contributed by atoms with van der Waals surface area (Å²) >= 11 is 0. The van der Waals surface area contributed by atoms with Gasteiger partial charge in [-0.05, 0) is 12.0 Å². The molecule has 1 amide bonds. The number of nitrogens with zero attached hydrogens (tertiary/aromatic N) is 1. The maximum Gasteiger partial charge on any atom is 0.269 e. The predicted octanol–water partition coefficient (Wildman–Crippen LogP) is 0.903. The SMILES string of the molecule is CCC(CC)C(N)CNC(=O)c1ccn[nH]1. The van der Waals surface area contributed by atoms with Crippen molar-refractivity contribution in [1.82, 2.24) is 15.5 Å². The van der Waals surface area contributed by atoms with E-state index in [1.807, 2.05) is 0 Å². The largest absolute Gasteiger partial charge is 0.349 e. The van der Waals surface area contributed by atoms with Gasteiger partial charge in [-0.3, -0.25) is 9.89 Å². The van der Waals surface area contributed by atoms with Crippen molar-refractivity contribution in [3.05, 3.63) is 18.0 Å². The highest BCUT2D eigenvalue weighted by atomic mass is 16.1.